The fourth-order valence-corrected chi connectivity index (χ4v) is 2.79. The van der Waals surface area contributed by atoms with Crippen LogP contribution in [0, 0.1) is 0 Å². The molecule has 0 spiro atoms. The van der Waals surface area contributed by atoms with Gasteiger partial charge in [0.1, 0.15) is 5.54 Å². The quantitative estimate of drug-likeness (QED) is 0.927. The van der Waals surface area contributed by atoms with Crippen molar-refractivity contribution in [2.75, 3.05) is 6.54 Å². The minimum atomic E-state index is -0.767. The Hall–Kier alpha value is -1.55. The summed E-state index contributed by atoms with van der Waals surface area (Å²) in [5.74, 6) is -0.137. The highest BCUT2D eigenvalue weighted by atomic mass is 35.5. The molecule has 1 N–H and O–H groups in total. The standard InChI is InChI=1S/C15H19ClN2O2/c1-3-15(4-2)14(20)18(10-13(19)17-15)9-11-7-5-6-8-12(11)16/h5-8H,3-4,9-10H2,1-2H3,(H,17,19). The zero-order valence-electron chi connectivity index (χ0n) is 11.8. The van der Waals surface area contributed by atoms with E-state index in [1.807, 2.05) is 32.0 Å². The highest BCUT2D eigenvalue weighted by Crippen LogP contribution is 2.25. The molecule has 0 bridgehead atoms. The van der Waals surface area contributed by atoms with E-state index in [0.29, 0.717) is 24.4 Å². The lowest BCUT2D eigenvalue weighted by molar-refractivity contribution is -0.151. The van der Waals surface area contributed by atoms with Crippen LogP contribution in [0.25, 0.3) is 0 Å². The summed E-state index contributed by atoms with van der Waals surface area (Å²) in [4.78, 5) is 26.1. The topological polar surface area (TPSA) is 49.4 Å². The van der Waals surface area contributed by atoms with Gasteiger partial charge in [-0.3, -0.25) is 9.59 Å². The first kappa shape index (κ1) is 14.9. The second-order valence-electron chi connectivity index (χ2n) is 5.09. The molecular formula is C15H19ClN2O2. The SMILES string of the molecule is CCC1(CC)NC(=O)CN(Cc2ccccc2Cl)C1=O. The molecule has 0 unspecified atom stereocenters. The van der Waals surface area contributed by atoms with Gasteiger partial charge in [-0.15, -0.1) is 0 Å². The zero-order valence-corrected chi connectivity index (χ0v) is 12.5. The predicted molar refractivity (Wildman–Crippen MR) is 78.3 cm³/mol. The zero-order chi connectivity index (χ0) is 14.8. The Balaban J connectivity index is 2.25. The minimum Gasteiger partial charge on any atom is -0.340 e. The highest BCUT2D eigenvalue weighted by molar-refractivity contribution is 6.31. The van der Waals surface area contributed by atoms with Crippen LogP contribution in [0.3, 0.4) is 0 Å². The number of nitrogens with one attached hydrogen (secondary N) is 1. The monoisotopic (exact) mass is 294 g/mol. The van der Waals surface area contributed by atoms with Crippen LogP contribution in [0.1, 0.15) is 32.3 Å². The fourth-order valence-electron chi connectivity index (χ4n) is 2.60. The number of carbonyl (C=O) groups excluding carboxylic acids is 2. The number of nitrogens with zero attached hydrogens (tertiary/aromatic N) is 1. The molecule has 5 heteroatoms. The van der Waals surface area contributed by atoms with E-state index >= 15 is 0 Å². The Morgan fingerprint density at radius 2 is 1.90 bits per heavy atom. The molecule has 1 aliphatic rings. The lowest BCUT2D eigenvalue weighted by Crippen LogP contribution is -2.65. The number of rotatable bonds is 4. The molecule has 108 valence electrons. The molecule has 2 rings (SSSR count). The van der Waals surface area contributed by atoms with Crippen LogP contribution in [-0.2, 0) is 16.1 Å². The van der Waals surface area contributed by atoms with Gasteiger partial charge in [-0.2, -0.15) is 0 Å². The van der Waals surface area contributed by atoms with Crippen LogP contribution in [0.15, 0.2) is 24.3 Å². The Morgan fingerprint density at radius 1 is 1.25 bits per heavy atom. The Labute approximate surface area is 124 Å². The number of hydrogen-bond donors (Lipinski definition) is 1. The van der Waals surface area contributed by atoms with Gasteiger partial charge in [-0.05, 0) is 24.5 Å². The van der Waals surface area contributed by atoms with Crippen molar-refractivity contribution in [2.45, 2.75) is 38.8 Å². The average Bonchev–Trinajstić information content (AvgIpc) is 2.45. The highest BCUT2D eigenvalue weighted by Gasteiger charge is 2.43. The van der Waals surface area contributed by atoms with Gasteiger partial charge in [0.25, 0.3) is 0 Å². The molecule has 0 atom stereocenters. The van der Waals surface area contributed by atoms with Crippen molar-refractivity contribution in [2.24, 2.45) is 0 Å². The summed E-state index contributed by atoms with van der Waals surface area (Å²) in [5.41, 5.74) is 0.0923. The van der Waals surface area contributed by atoms with E-state index < -0.39 is 5.54 Å². The number of benzene rings is 1. The molecule has 1 fully saturated rings. The first-order chi connectivity index (χ1) is 9.52. The lowest BCUT2D eigenvalue weighted by Gasteiger charge is -2.41. The largest absolute Gasteiger partial charge is 0.340 e. The third kappa shape index (κ3) is 2.66. The normalized spacial score (nSPS) is 18.1. The van der Waals surface area contributed by atoms with Crippen LogP contribution < -0.4 is 5.32 Å². The van der Waals surface area contributed by atoms with Crippen molar-refractivity contribution in [1.29, 1.82) is 0 Å². The molecule has 0 radical (unpaired) electrons. The first-order valence-electron chi connectivity index (χ1n) is 6.86. The van der Waals surface area contributed by atoms with Gasteiger partial charge < -0.3 is 10.2 Å². The van der Waals surface area contributed by atoms with Gasteiger partial charge in [-0.1, -0.05) is 43.6 Å². The molecule has 1 saturated heterocycles. The molecule has 4 nitrogen and oxygen atoms in total. The summed E-state index contributed by atoms with van der Waals surface area (Å²) in [7, 11) is 0. The maximum Gasteiger partial charge on any atom is 0.249 e. The predicted octanol–water partition coefficient (Wildman–Crippen LogP) is 2.36. The van der Waals surface area contributed by atoms with Gasteiger partial charge in [0.15, 0.2) is 0 Å². The van der Waals surface area contributed by atoms with E-state index in [9.17, 15) is 9.59 Å². The number of halogens is 1. The molecule has 0 aromatic heterocycles. The van der Waals surface area contributed by atoms with Crippen molar-refractivity contribution in [3.8, 4) is 0 Å². The van der Waals surface area contributed by atoms with Gasteiger partial charge in [0.05, 0.1) is 6.54 Å². The summed E-state index contributed by atoms with van der Waals surface area (Å²) in [6.45, 7) is 4.29. The lowest BCUT2D eigenvalue weighted by atomic mass is 9.88. The first-order valence-corrected chi connectivity index (χ1v) is 7.24. The van der Waals surface area contributed by atoms with E-state index in [2.05, 4.69) is 5.32 Å². The van der Waals surface area contributed by atoms with Crippen LogP contribution in [0.4, 0.5) is 0 Å². The molecular weight excluding hydrogens is 276 g/mol. The molecule has 1 heterocycles. The van der Waals surface area contributed by atoms with Crippen LogP contribution in [0.2, 0.25) is 5.02 Å². The molecule has 0 saturated carbocycles. The summed E-state index contributed by atoms with van der Waals surface area (Å²) < 4.78 is 0. The molecule has 0 aliphatic carbocycles. The number of amides is 2. The summed E-state index contributed by atoms with van der Waals surface area (Å²) in [6.07, 6.45) is 1.18. The van der Waals surface area contributed by atoms with Crippen LogP contribution >= 0.6 is 11.6 Å². The summed E-state index contributed by atoms with van der Waals surface area (Å²) in [5, 5.41) is 3.46. The Morgan fingerprint density at radius 3 is 2.50 bits per heavy atom. The second-order valence-corrected chi connectivity index (χ2v) is 5.50. The maximum atomic E-state index is 12.6. The number of piperazine rings is 1. The van der Waals surface area contributed by atoms with E-state index in [0.717, 1.165) is 5.56 Å². The van der Waals surface area contributed by atoms with Crippen molar-refractivity contribution in [3.05, 3.63) is 34.9 Å². The Kier molecular flexibility index (Phi) is 4.33. The van der Waals surface area contributed by atoms with Crippen molar-refractivity contribution in [3.63, 3.8) is 0 Å². The van der Waals surface area contributed by atoms with Crippen molar-refractivity contribution < 1.29 is 9.59 Å². The fraction of sp³-hybridized carbons (Fsp3) is 0.467. The number of carbonyl (C=O) groups is 2. The second kappa shape index (κ2) is 5.83. The van der Waals surface area contributed by atoms with Gasteiger partial charge >= 0.3 is 0 Å². The summed E-state index contributed by atoms with van der Waals surface area (Å²) in [6, 6.07) is 7.39. The van der Waals surface area contributed by atoms with Gasteiger partial charge in [-0.25, -0.2) is 0 Å². The molecule has 1 aliphatic heterocycles. The van der Waals surface area contributed by atoms with E-state index in [1.165, 1.54) is 0 Å². The molecule has 20 heavy (non-hydrogen) atoms. The minimum absolute atomic E-state index is 0.0259. The van der Waals surface area contributed by atoms with E-state index in [1.54, 1.807) is 11.0 Å². The van der Waals surface area contributed by atoms with Crippen molar-refractivity contribution in [1.82, 2.24) is 10.2 Å². The summed E-state index contributed by atoms with van der Waals surface area (Å²) >= 11 is 6.13. The number of hydrogen-bond acceptors (Lipinski definition) is 2. The van der Waals surface area contributed by atoms with Gasteiger partial charge in [0, 0.05) is 11.6 Å². The Bertz CT molecular complexity index is 526. The van der Waals surface area contributed by atoms with E-state index in [-0.39, 0.29) is 18.4 Å². The van der Waals surface area contributed by atoms with Crippen LogP contribution in [0.5, 0.6) is 0 Å². The van der Waals surface area contributed by atoms with Crippen LogP contribution in [-0.4, -0.2) is 28.8 Å². The van der Waals surface area contributed by atoms with Gasteiger partial charge in [0.2, 0.25) is 11.8 Å². The van der Waals surface area contributed by atoms with Crippen molar-refractivity contribution >= 4 is 23.4 Å². The molecule has 2 amide bonds. The third-order valence-electron chi connectivity index (χ3n) is 3.94. The van der Waals surface area contributed by atoms with E-state index in [4.69, 9.17) is 11.6 Å². The molecule has 1 aromatic rings. The smallest absolute Gasteiger partial charge is 0.249 e. The average molecular weight is 295 g/mol. The molecule has 1 aromatic carbocycles. The third-order valence-corrected chi connectivity index (χ3v) is 4.30. The maximum absolute atomic E-state index is 12.6.